The molecule has 0 amide bonds. The molecule has 4 nitrogen and oxygen atoms in total. The maximum Gasteiger partial charge on any atom is 0.471 e. The highest BCUT2D eigenvalue weighted by atomic mass is 19.4. The Bertz CT molecular complexity index is 688. The van der Waals surface area contributed by atoms with E-state index in [1.54, 1.807) is 4.74 Å². The van der Waals surface area contributed by atoms with Gasteiger partial charge in [-0.15, -0.1) is 0 Å². The third-order valence-corrected chi connectivity index (χ3v) is 2.15. The highest BCUT2D eigenvalue weighted by molar-refractivity contribution is 5.76. The third kappa shape index (κ3) is 7.31. The fourth-order valence-electron chi connectivity index (χ4n) is 0.864. The Morgan fingerprint density at radius 3 is 1.19 bits per heavy atom. The van der Waals surface area contributed by atoms with Crippen LogP contribution in [0.25, 0.3) is 0 Å². The van der Waals surface area contributed by atoms with Gasteiger partial charge < -0.3 is 9.84 Å². The quantitative estimate of drug-likeness (QED) is 0.330. The standard InChI is InChI=1S/C8HF13O4.C2F4/c9-1(10)2(11)24-8(20,21)5(14,6(15,16)17)25-7(18,19)4(12,13)3(22)23;3-1(4)2(5)6/h(H,22,23);. The Labute approximate surface area is 156 Å². The minimum absolute atomic E-state index is 1.60. The number of hydrogen-bond donors (Lipinski definition) is 1. The van der Waals surface area contributed by atoms with Crippen molar-refractivity contribution in [1.29, 1.82) is 0 Å². The van der Waals surface area contributed by atoms with Crippen LogP contribution in [0.1, 0.15) is 0 Å². The van der Waals surface area contributed by atoms with Crippen LogP contribution in [-0.4, -0.2) is 41.2 Å². The van der Waals surface area contributed by atoms with Crippen molar-refractivity contribution >= 4 is 5.97 Å². The second-order valence-corrected chi connectivity index (χ2v) is 4.27. The van der Waals surface area contributed by atoms with Gasteiger partial charge in [-0.05, 0) is 0 Å². The van der Waals surface area contributed by atoms with E-state index >= 15 is 0 Å². The summed E-state index contributed by atoms with van der Waals surface area (Å²) in [6.45, 7) is 0. The first kappa shape index (κ1) is 30.7. The molecule has 0 aliphatic carbocycles. The highest BCUT2D eigenvalue weighted by Gasteiger charge is 2.82. The van der Waals surface area contributed by atoms with Crippen LogP contribution in [0.2, 0.25) is 0 Å². The molecule has 1 atom stereocenters. The van der Waals surface area contributed by atoms with Gasteiger partial charge in [0.15, 0.2) is 0 Å². The fourth-order valence-corrected chi connectivity index (χ4v) is 0.864. The SMILES string of the molecule is FC(F)=C(F)F.O=C(O)C(F)(F)C(F)(F)OC(F)(C(F)(F)F)C(F)(F)OC(F)=C(F)F. The molecule has 0 fully saturated rings. The van der Waals surface area contributed by atoms with Crippen LogP contribution in [0.5, 0.6) is 0 Å². The van der Waals surface area contributed by atoms with Crippen molar-refractivity contribution in [3.63, 3.8) is 0 Å². The van der Waals surface area contributed by atoms with Crippen LogP contribution in [0.15, 0.2) is 24.3 Å². The van der Waals surface area contributed by atoms with E-state index in [1.165, 1.54) is 0 Å². The number of aliphatic carboxylic acids is 1. The fraction of sp³-hybridized carbons (Fsp3) is 0.500. The van der Waals surface area contributed by atoms with Gasteiger partial charge in [0, 0.05) is 0 Å². The second kappa shape index (κ2) is 9.77. The zero-order chi connectivity index (χ0) is 25.8. The lowest BCUT2D eigenvalue weighted by molar-refractivity contribution is -0.513. The molecule has 0 spiro atoms. The van der Waals surface area contributed by atoms with E-state index < -0.39 is 60.4 Å². The minimum atomic E-state index is -7.43. The van der Waals surface area contributed by atoms with Gasteiger partial charge in [-0.1, -0.05) is 0 Å². The smallest absolute Gasteiger partial charge is 0.471 e. The Balaban J connectivity index is 0. The Morgan fingerprint density at radius 2 is 0.968 bits per heavy atom. The third-order valence-electron chi connectivity index (χ3n) is 2.15. The molecule has 0 saturated carbocycles. The van der Waals surface area contributed by atoms with Crippen LogP contribution in [-0.2, 0) is 14.3 Å². The van der Waals surface area contributed by atoms with E-state index in [-0.39, 0.29) is 0 Å². The number of carboxylic acids is 1. The summed E-state index contributed by atoms with van der Waals surface area (Å²) in [5.74, 6) is -18.0. The molecule has 0 aromatic carbocycles. The number of ether oxygens (including phenoxy) is 2. The van der Waals surface area contributed by atoms with Gasteiger partial charge in [-0.2, -0.15) is 74.6 Å². The maximum atomic E-state index is 13.3. The first-order valence-corrected chi connectivity index (χ1v) is 5.96. The van der Waals surface area contributed by atoms with Crippen molar-refractivity contribution < 1.29 is 94.0 Å². The molecule has 0 aliphatic heterocycles. The topological polar surface area (TPSA) is 55.8 Å². The molecule has 184 valence electrons. The van der Waals surface area contributed by atoms with Gasteiger partial charge in [-0.25, -0.2) is 4.79 Å². The molecule has 1 N–H and O–H groups in total. The summed E-state index contributed by atoms with van der Waals surface area (Å²) >= 11 is 0. The second-order valence-electron chi connectivity index (χ2n) is 4.27. The molecule has 21 heteroatoms. The summed E-state index contributed by atoms with van der Waals surface area (Å²) in [5, 5.41) is 7.70. The monoisotopic (exact) mass is 508 g/mol. The molecule has 0 radical (unpaired) electrons. The highest BCUT2D eigenvalue weighted by Crippen LogP contribution is 2.52. The number of carboxylic acid groups (broad SMARTS) is 1. The average molecular weight is 508 g/mol. The minimum Gasteiger partial charge on any atom is -0.477 e. The van der Waals surface area contributed by atoms with Crippen molar-refractivity contribution in [2.24, 2.45) is 0 Å². The Morgan fingerprint density at radius 1 is 0.613 bits per heavy atom. The lowest BCUT2D eigenvalue weighted by atomic mass is 10.2. The zero-order valence-electron chi connectivity index (χ0n) is 13.1. The molecule has 0 saturated heterocycles. The normalized spacial score (nSPS) is 14.6. The van der Waals surface area contributed by atoms with Gasteiger partial charge >= 0.3 is 60.4 Å². The number of carbonyl (C=O) groups is 1. The van der Waals surface area contributed by atoms with Gasteiger partial charge in [0.1, 0.15) is 0 Å². The number of hydrogen-bond acceptors (Lipinski definition) is 3. The Hall–Kier alpha value is -2.48. The summed E-state index contributed by atoms with van der Waals surface area (Å²) in [7, 11) is 0. The van der Waals surface area contributed by atoms with Crippen molar-refractivity contribution in [2.45, 2.75) is 30.2 Å². The van der Waals surface area contributed by atoms with Gasteiger partial charge in [0.05, 0.1) is 0 Å². The van der Waals surface area contributed by atoms with Crippen LogP contribution in [0.3, 0.4) is 0 Å². The molecule has 0 rings (SSSR count). The van der Waals surface area contributed by atoms with Crippen molar-refractivity contribution in [2.75, 3.05) is 0 Å². The lowest BCUT2D eigenvalue weighted by Crippen LogP contribution is -2.64. The van der Waals surface area contributed by atoms with E-state index in [0.717, 1.165) is 0 Å². The van der Waals surface area contributed by atoms with Crippen molar-refractivity contribution in [1.82, 2.24) is 0 Å². The van der Waals surface area contributed by atoms with Crippen molar-refractivity contribution in [3.05, 3.63) is 24.3 Å². The van der Waals surface area contributed by atoms with E-state index in [0.29, 0.717) is 0 Å². The molecular weight excluding hydrogens is 507 g/mol. The van der Waals surface area contributed by atoms with Crippen LogP contribution in [0.4, 0.5) is 74.6 Å². The van der Waals surface area contributed by atoms with Gasteiger partial charge in [0.2, 0.25) is 0 Å². The Kier molecular flexibility index (Phi) is 9.67. The first-order valence-electron chi connectivity index (χ1n) is 5.96. The first-order chi connectivity index (χ1) is 13.4. The predicted molar refractivity (Wildman–Crippen MR) is 56.3 cm³/mol. The van der Waals surface area contributed by atoms with Gasteiger partial charge in [0.25, 0.3) is 0 Å². The zero-order valence-corrected chi connectivity index (χ0v) is 13.1. The summed E-state index contributed by atoms with van der Waals surface area (Å²) in [6.07, 6.45) is -31.4. The summed E-state index contributed by atoms with van der Waals surface area (Å²) in [5.41, 5.74) is 0. The number of halogens is 17. The van der Waals surface area contributed by atoms with E-state index in [9.17, 15) is 79.4 Å². The van der Waals surface area contributed by atoms with Crippen LogP contribution in [0, 0.1) is 0 Å². The number of rotatable bonds is 7. The average Bonchev–Trinajstić information content (AvgIpc) is 2.52. The molecule has 1 unspecified atom stereocenters. The molecule has 31 heavy (non-hydrogen) atoms. The molecule has 0 aromatic heterocycles. The number of alkyl halides is 10. The summed E-state index contributed by atoms with van der Waals surface area (Å²) in [6, 6.07) is -3.90. The van der Waals surface area contributed by atoms with Crippen molar-refractivity contribution in [3.8, 4) is 0 Å². The van der Waals surface area contributed by atoms with E-state index in [2.05, 4.69) is 0 Å². The van der Waals surface area contributed by atoms with Crippen LogP contribution < -0.4 is 0 Å². The maximum absolute atomic E-state index is 13.3. The summed E-state index contributed by atoms with van der Waals surface area (Å²) in [4.78, 5) is 9.82. The van der Waals surface area contributed by atoms with Gasteiger partial charge in [-0.3, -0.25) is 4.74 Å². The summed E-state index contributed by atoms with van der Waals surface area (Å²) < 4.78 is 206. The van der Waals surface area contributed by atoms with E-state index in [4.69, 9.17) is 5.11 Å². The molecule has 0 aromatic rings. The largest absolute Gasteiger partial charge is 0.477 e. The molecule has 0 bridgehead atoms. The molecule has 0 heterocycles. The predicted octanol–water partition coefficient (Wildman–Crippen LogP) is 6.18. The van der Waals surface area contributed by atoms with E-state index in [1.807, 2.05) is 4.74 Å². The lowest BCUT2D eigenvalue weighted by Gasteiger charge is -2.36. The molecular formula is C10HF17O4. The van der Waals surface area contributed by atoms with Crippen LogP contribution >= 0.6 is 0 Å². The molecule has 0 aliphatic rings.